The molecule has 167 valence electrons. The summed E-state index contributed by atoms with van der Waals surface area (Å²) in [5.41, 5.74) is 0. The lowest BCUT2D eigenvalue weighted by molar-refractivity contribution is -0.0664. The van der Waals surface area contributed by atoms with Crippen molar-refractivity contribution in [1.82, 2.24) is 0 Å². The molecule has 0 aliphatic heterocycles. The second kappa shape index (κ2) is 26.6. The van der Waals surface area contributed by atoms with Crippen LogP contribution in [0.1, 0.15) is 116 Å². The van der Waals surface area contributed by atoms with Crippen LogP contribution in [0.25, 0.3) is 0 Å². The summed E-state index contributed by atoms with van der Waals surface area (Å²) in [5, 5.41) is 0. The lowest BCUT2D eigenvalue weighted by Gasteiger charge is -2.05. The molecule has 0 aromatic heterocycles. The third-order valence-electron chi connectivity index (χ3n) is 5.17. The predicted molar refractivity (Wildman–Crippen MR) is 117 cm³/mol. The van der Waals surface area contributed by atoms with E-state index in [2.05, 4.69) is 0 Å². The van der Waals surface area contributed by atoms with Gasteiger partial charge >= 0.3 is 0 Å². The number of hydrogen-bond acceptors (Lipinski definition) is 4. The quantitative estimate of drug-likeness (QED) is 0.126. The molecule has 0 bridgehead atoms. The molecule has 4 heteroatoms. The maximum absolute atomic E-state index is 10.1. The molecule has 0 aliphatic rings. The zero-order valence-electron chi connectivity index (χ0n) is 18.7. The molecule has 0 aromatic rings. The molecule has 0 saturated heterocycles. The van der Waals surface area contributed by atoms with Gasteiger partial charge in [0.25, 0.3) is 0 Å². The summed E-state index contributed by atoms with van der Waals surface area (Å²) >= 11 is 0. The Balaban J connectivity index is 2.97. The summed E-state index contributed by atoms with van der Waals surface area (Å²) < 4.78 is 15.6. The number of hydrogen-bond donors (Lipinski definition) is 0. The van der Waals surface area contributed by atoms with Gasteiger partial charge in [-0.2, -0.15) is 0 Å². The van der Waals surface area contributed by atoms with Gasteiger partial charge in [0.1, 0.15) is 6.79 Å². The zero-order valence-corrected chi connectivity index (χ0v) is 18.7. The minimum absolute atomic E-state index is 0.394. The Morgan fingerprint density at radius 3 is 1.32 bits per heavy atom. The van der Waals surface area contributed by atoms with E-state index in [0.717, 1.165) is 19.4 Å². The second-order valence-electron chi connectivity index (χ2n) is 7.83. The summed E-state index contributed by atoms with van der Waals surface area (Å²) in [6.07, 6.45) is 25.2. The summed E-state index contributed by atoms with van der Waals surface area (Å²) in [7, 11) is 1.68. The first-order valence-electron chi connectivity index (χ1n) is 11.9. The molecule has 28 heavy (non-hydrogen) atoms. The van der Waals surface area contributed by atoms with Crippen molar-refractivity contribution in [1.29, 1.82) is 0 Å². The van der Waals surface area contributed by atoms with Crippen molar-refractivity contribution in [3.8, 4) is 0 Å². The molecule has 0 aromatic carbocycles. The van der Waals surface area contributed by atoms with Crippen LogP contribution in [-0.4, -0.2) is 40.0 Å². The Labute approximate surface area is 175 Å². The Morgan fingerprint density at radius 2 is 0.893 bits per heavy atom. The van der Waals surface area contributed by atoms with E-state index in [1.165, 1.54) is 96.3 Å². The van der Waals surface area contributed by atoms with Crippen LogP contribution in [0.3, 0.4) is 0 Å². The van der Waals surface area contributed by atoms with Gasteiger partial charge in [0, 0.05) is 20.1 Å². The first-order valence-corrected chi connectivity index (χ1v) is 11.9. The fraction of sp³-hybridized carbons (Fsp3) is 0.958. The minimum atomic E-state index is 0.394. The van der Waals surface area contributed by atoms with Gasteiger partial charge in [-0.05, 0) is 12.8 Å². The Kier molecular flexibility index (Phi) is 26.1. The second-order valence-corrected chi connectivity index (χ2v) is 7.83. The van der Waals surface area contributed by atoms with Gasteiger partial charge in [0.15, 0.2) is 6.29 Å². The fourth-order valence-corrected chi connectivity index (χ4v) is 3.37. The molecule has 0 fully saturated rings. The average molecular weight is 400 g/mol. The molecule has 0 unspecified atom stereocenters. The van der Waals surface area contributed by atoms with Crippen LogP contribution in [0.15, 0.2) is 0 Å². The fourth-order valence-electron chi connectivity index (χ4n) is 3.37. The SMILES string of the molecule is COCCOCOCCCCCCCCCCCCCCCCCCC[C]=O. The molecule has 0 rings (SSSR count). The van der Waals surface area contributed by atoms with Gasteiger partial charge in [0.2, 0.25) is 0 Å². The van der Waals surface area contributed by atoms with E-state index in [-0.39, 0.29) is 0 Å². The van der Waals surface area contributed by atoms with Crippen molar-refractivity contribution >= 4 is 6.29 Å². The van der Waals surface area contributed by atoms with Gasteiger partial charge in [-0.3, -0.25) is 4.79 Å². The molecular weight excluding hydrogens is 352 g/mol. The highest BCUT2D eigenvalue weighted by Gasteiger charge is 1.96. The number of methoxy groups -OCH3 is 1. The molecule has 0 spiro atoms. The monoisotopic (exact) mass is 399 g/mol. The standard InChI is InChI=1S/C24H47O4/c1-26-22-23-28-24-27-21-19-17-15-13-11-9-7-5-3-2-4-6-8-10-12-14-16-18-20-25/h2-19,21-24H2,1H3. The van der Waals surface area contributed by atoms with Crippen LogP contribution in [0.4, 0.5) is 0 Å². The van der Waals surface area contributed by atoms with Crippen molar-refractivity contribution in [2.24, 2.45) is 0 Å². The lowest BCUT2D eigenvalue weighted by atomic mass is 10.0. The van der Waals surface area contributed by atoms with Crippen LogP contribution in [0, 0.1) is 0 Å². The van der Waals surface area contributed by atoms with E-state index >= 15 is 0 Å². The first kappa shape index (κ1) is 27.5. The van der Waals surface area contributed by atoms with Gasteiger partial charge in [-0.25, -0.2) is 0 Å². The van der Waals surface area contributed by atoms with Crippen molar-refractivity contribution in [3.05, 3.63) is 0 Å². The first-order chi connectivity index (χ1) is 13.9. The van der Waals surface area contributed by atoms with Crippen LogP contribution >= 0.6 is 0 Å². The Morgan fingerprint density at radius 1 is 0.500 bits per heavy atom. The Hall–Kier alpha value is -0.450. The maximum Gasteiger partial charge on any atom is 0.198 e. The molecule has 0 saturated carbocycles. The molecule has 0 aliphatic carbocycles. The number of ether oxygens (including phenoxy) is 3. The van der Waals surface area contributed by atoms with Crippen molar-refractivity contribution in [3.63, 3.8) is 0 Å². The Bertz CT molecular complexity index is 284. The summed E-state index contributed by atoms with van der Waals surface area (Å²) in [5.74, 6) is 0. The highest BCUT2D eigenvalue weighted by molar-refractivity contribution is 5.50. The van der Waals surface area contributed by atoms with Crippen molar-refractivity contribution in [2.45, 2.75) is 116 Å². The smallest absolute Gasteiger partial charge is 0.198 e. The largest absolute Gasteiger partial charge is 0.382 e. The zero-order chi connectivity index (χ0) is 20.4. The number of unbranched alkanes of at least 4 members (excludes halogenated alkanes) is 17. The van der Waals surface area contributed by atoms with Crippen molar-refractivity contribution < 1.29 is 19.0 Å². The van der Waals surface area contributed by atoms with Gasteiger partial charge in [-0.1, -0.05) is 96.3 Å². The van der Waals surface area contributed by atoms with Crippen molar-refractivity contribution in [2.75, 3.05) is 33.7 Å². The third kappa shape index (κ3) is 25.6. The highest BCUT2D eigenvalue weighted by Crippen LogP contribution is 2.14. The average Bonchev–Trinajstić information content (AvgIpc) is 2.71. The van der Waals surface area contributed by atoms with Gasteiger partial charge in [0.05, 0.1) is 13.2 Å². The molecule has 4 nitrogen and oxygen atoms in total. The van der Waals surface area contributed by atoms with E-state index in [1.54, 1.807) is 7.11 Å². The number of carbonyl (C=O) groups excluding carboxylic acids is 1. The highest BCUT2D eigenvalue weighted by atomic mass is 16.7. The van der Waals surface area contributed by atoms with E-state index in [9.17, 15) is 4.79 Å². The molecule has 1 radical (unpaired) electrons. The van der Waals surface area contributed by atoms with E-state index < -0.39 is 0 Å². The molecule has 0 heterocycles. The maximum atomic E-state index is 10.1. The van der Waals surface area contributed by atoms with Crippen LogP contribution < -0.4 is 0 Å². The van der Waals surface area contributed by atoms with E-state index in [1.807, 2.05) is 6.29 Å². The minimum Gasteiger partial charge on any atom is -0.382 e. The lowest BCUT2D eigenvalue weighted by Crippen LogP contribution is -2.06. The van der Waals surface area contributed by atoms with Crippen LogP contribution in [0.2, 0.25) is 0 Å². The third-order valence-corrected chi connectivity index (χ3v) is 5.17. The normalized spacial score (nSPS) is 11.2. The molecular formula is C24H47O4. The van der Waals surface area contributed by atoms with Crippen LogP contribution in [0.5, 0.6) is 0 Å². The summed E-state index contributed by atoms with van der Waals surface area (Å²) in [6.45, 7) is 2.45. The molecule has 0 N–H and O–H groups in total. The summed E-state index contributed by atoms with van der Waals surface area (Å²) in [4.78, 5) is 10.1. The molecule has 0 atom stereocenters. The predicted octanol–water partition coefficient (Wildman–Crippen LogP) is 6.76. The summed E-state index contributed by atoms with van der Waals surface area (Å²) in [6, 6.07) is 0. The van der Waals surface area contributed by atoms with Crippen LogP contribution in [-0.2, 0) is 19.0 Å². The molecule has 0 amide bonds. The van der Waals surface area contributed by atoms with E-state index in [0.29, 0.717) is 26.4 Å². The number of rotatable bonds is 25. The van der Waals surface area contributed by atoms with Gasteiger partial charge in [-0.15, -0.1) is 0 Å². The topological polar surface area (TPSA) is 44.8 Å². The van der Waals surface area contributed by atoms with Gasteiger partial charge < -0.3 is 14.2 Å². The van der Waals surface area contributed by atoms with E-state index in [4.69, 9.17) is 14.2 Å².